The molecule has 0 aliphatic rings. The van der Waals surface area contributed by atoms with E-state index in [0.717, 1.165) is 38.8 Å². The Kier molecular flexibility index (Phi) is 5.68. The van der Waals surface area contributed by atoms with Gasteiger partial charge in [0.2, 0.25) is 0 Å². The molecule has 4 nitrogen and oxygen atoms in total. The number of amides is 2. The molecule has 0 spiro atoms. The summed E-state index contributed by atoms with van der Waals surface area (Å²) in [5.74, 6) is 0. The van der Waals surface area contributed by atoms with Crippen molar-refractivity contribution >= 4 is 23.1 Å². The van der Waals surface area contributed by atoms with Crippen molar-refractivity contribution < 1.29 is 4.79 Å². The molecule has 26 heavy (non-hydrogen) atoms. The van der Waals surface area contributed by atoms with E-state index in [1.807, 2.05) is 43.3 Å². The molecule has 0 saturated carbocycles. The molecule has 0 bridgehead atoms. The number of thiazole rings is 1. The highest BCUT2D eigenvalue weighted by atomic mass is 32.1. The van der Waals surface area contributed by atoms with Gasteiger partial charge in [0.15, 0.2) is 0 Å². The lowest BCUT2D eigenvalue weighted by atomic mass is 10.1. The Bertz CT molecular complexity index is 917. The van der Waals surface area contributed by atoms with Gasteiger partial charge in [-0.3, -0.25) is 0 Å². The fraction of sp³-hybridized carbons (Fsp3) is 0.238. The van der Waals surface area contributed by atoms with Crippen LogP contribution in [0.2, 0.25) is 0 Å². The fourth-order valence-electron chi connectivity index (χ4n) is 2.80. The van der Waals surface area contributed by atoms with E-state index in [4.69, 9.17) is 0 Å². The maximum Gasteiger partial charge on any atom is 0.319 e. The van der Waals surface area contributed by atoms with Crippen molar-refractivity contribution in [1.29, 1.82) is 0 Å². The first-order chi connectivity index (χ1) is 12.6. The summed E-state index contributed by atoms with van der Waals surface area (Å²) >= 11 is 1.63. The number of carbonyl (C=O) groups excluding carboxylic acids is 1. The van der Waals surface area contributed by atoms with Crippen molar-refractivity contribution in [2.45, 2.75) is 33.7 Å². The second kappa shape index (κ2) is 8.15. The quantitative estimate of drug-likeness (QED) is 0.644. The maximum atomic E-state index is 12.3. The Balaban J connectivity index is 1.67. The Morgan fingerprint density at radius 3 is 2.58 bits per heavy atom. The van der Waals surface area contributed by atoms with Gasteiger partial charge in [0.25, 0.3) is 0 Å². The number of rotatable bonds is 5. The van der Waals surface area contributed by atoms with E-state index in [-0.39, 0.29) is 6.03 Å². The molecule has 0 atom stereocenters. The van der Waals surface area contributed by atoms with E-state index < -0.39 is 0 Å². The number of carbonyl (C=O) groups is 1. The van der Waals surface area contributed by atoms with E-state index >= 15 is 0 Å². The average molecular weight is 366 g/mol. The summed E-state index contributed by atoms with van der Waals surface area (Å²) in [6, 6.07) is 15.9. The molecule has 0 fully saturated rings. The van der Waals surface area contributed by atoms with Crippen molar-refractivity contribution in [1.82, 2.24) is 10.3 Å². The van der Waals surface area contributed by atoms with E-state index in [0.29, 0.717) is 6.54 Å². The van der Waals surface area contributed by atoms with Crippen molar-refractivity contribution in [3.05, 3.63) is 70.2 Å². The van der Waals surface area contributed by atoms with Crippen LogP contribution in [0.1, 0.15) is 28.6 Å². The van der Waals surface area contributed by atoms with Crippen molar-refractivity contribution in [2.75, 3.05) is 5.32 Å². The highest BCUT2D eigenvalue weighted by Gasteiger charge is 2.12. The van der Waals surface area contributed by atoms with E-state index in [1.165, 1.54) is 5.56 Å². The monoisotopic (exact) mass is 365 g/mol. The predicted octanol–water partition coefficient (Wildman–Crippen LogP) is 5.31. The van der Waals surface area contributed by atoms with Gasteiger partial charge >= 0.3 is 6.03 Å². The molecule has 2 aromatic carbocycles. The van der Waals surface area contributed by atoms with Gasteiger partial charge in [-0.15, -0.1) is 11.3 Å². The van der Waals surface area contributed by atoms with Crippen LogP contribution in [0, 0.1) is 13.8 Å². The van der Waals surface area contributed by atoms with Gasteiger partial charge in [-0.25, -0.2) is 9.78 Å². The van der Waals surface area contributed by atoms with Crippen molar-refractivity contribution in [3.8, 4) is 10.6 Å². The molecule has 0 unspecified atom stereocenters. The Morgan fingerprint density at radius 2 is 1.81 bits per heavy atom. The average Bonchev–Trinajstić information content (AvgIpc) is 3.01. The summed E-state index contributed by atoms with van der Waals surface area (Å²) in [5.41, 5.74) is 5.29. The molecule has 0 aliphatic heterocycles. The summed E-state index contributed by atoms with van der Waals surface area (Å²) in [5, 5.41) is 6.87. The second-order valence-corrected chi connectivity index (χ2v) is 7.24. The number of nitrogens with zero attached hydrogens (tertiary/aromatic N) is 1. The number of aromatic nitrogens is 1. The zero-order chi connectivity index (χ0) is 18.5. The first-order valence-electron chi connectivity index (χ1n) is 8.73. The van der Waals surface area contributed by atoms with E-state index in [2.05, 4.69) is 41.6 Å². The third-order valence-electron chi connectivity index (χ3n) is 4.32. The lowest BCUT2D eigenvalue weighted by molar-refractivity contribution is 0.252. The SMILES string of the molecule is CCc1ccccc1NC(=O)NCc1sc(-c2ccccc2C)nc1C. The summed E-state index contributed by atoms with van der Waals surface area (Å²) in [7, 11) is 0. The zero-order valence-electron chi connectivity index (χ0n) is 15.3. The molecule has 1 aromatic heterocycles. The van der Waals surface area contributed by atoms with Crippen LogP contribution in [-0.4, -0.2) is 11.0 Å². The molecule has 3 rings (SSSR count). The number of urea groups is 1. The number of nitrogens with one attached hydrogen (secondary N) is 2. The lowest BCUT2D eigenvalue weighted by Crippen LogP contribution is -2.28. The molecule has 5 heteroatoms. The van der Waals surface area contributed by atoms with E-state index in [1.54, 1.807) is 11.3 Å². The van der Waals surface area contributed by atoms with Gasteiger partial charge in [-0.05, 0) is 37.5 Å². The highest BCUT2D eigenvalue weighted by Crippen LogP contribution is 2.30. The summed E-state index contributed by atoms with van der Waals surface area (Å²) in [4.78, 5) is 18.0. The Hall–Kier alpha value is -2.66. The minimum atomic E-state index is -0.198. The molecular weight excluding hydrogens is 342 g/mol. The molecular formula is C21H23N3OS. The Morgan fingerprint density at radius 1 is 1.08 bits per heavy atom. The molecule has 0 radical (unpaired) electrons. The molecule has 3 aromatic rings. The van der Waals surface area contributed by atoms with E-state index in [9.17, 15) is 4.79 Å². The third kappa shape index (κ3) is 4.11. The minimum Gasteiger partial charge on any atom is -0.333 e. The fourth-order valence-corrected chi connectivity index (χ4v) is 3.89. The van der Waals surface area contributed by atoms with Crippen LogP contribution >= 0.6 is 11.3 Å². The number of benzene rings is 2. The maximum absolute atomic E-state index is 12.3. The van der Waals surface area contributed by atoms with Crippen LogP contribution in [-0.2, 0) is 13.0 Å². The number of hydrogen-bond acceptors (Lipinski definition) is 3. The zero-order valence-corrected chi connectivity index (χ0v) is 16.1. The minimum absolute atomic E-state index is 0.198. The predicted molar refractivity (Wildman–Crippen MR) is 109 cm³/mol. The first kappa shape index (κ1) is 18.1. The van der Waals surface area contributed by atoms with Crippen LogP contribution in [0.5, 0.6) is 0 Å². The van der Waals surface area contributed by atoms with Gasteiger partial charge in [-0.2, -0.15) is 0 Å². The molecule has 2 N–H and O–H groups in total. The summed E-state index contributed by atoms with van der Waals surface area (Å²) in [6.45, 7) is 6.61. The highest BCUT2D eigenvalue weighted by molar-refractivity contribution is 7.15. The number of para-hydroxylation sites is 1. The van der Waals surface area contributed by atoms with Crippen LogP contribution in [0.25, 0.3) is 10.6 Å². The largest absolute Gasteiger partial charge is 0.333 e. The van der Waals surface area contributed by atoms with Crippen molar-refractivity contribution in [3.63, 3.8) is 0 Å². The van der Waals surface area contributed by atoms with Crippen molar-refractivity contribution in [2.24, 2.45) is 0 Å². The standard InChI is InChI=1S/C21H23N3OS/c1-4-16-10-6-8-12-18(16)24-21(25)22-13-19-15(3)23-20(26-19)17-11-7-5-9-14(17)2/h5-12H,4,13H2,1-3H3,(H2,22,24,25). The first-order valence-corrected chi connectivity index (χ1v) is 9.55. The number of hydrogen-bond donors (Lipinski definition) is 2. The third-order valence-corrected chi connectivity index (χ3v) is 5.51. The molecule has 0 saturated heterocycles. The Labute approximate surface area is 158 Å². The molecule has 1 heterocycles. The smallest absolute Gasteiger partial charge is 0.319 e. The number of anilines is 1. The number of aryl methyl sites for hydroxylation is 3. The molecule has 134 valence electrons. The normalized spacial score (nSPS) is 10.6. The summed E-state index contributed by atoms with van der Waals surface area (Å²) in [6.07, 6.45) is 0.879. The van der Waals surface area contributed by atoms with Crippen LogP contribution in [0.4, 0.5) is 10.5 Å². The second-order valence-electron chi connectivity index (χ2n) is 6.16. The molecule has 0 aliphatic carbocycles. The molecule has 2 amide bonds. The lowest BCUT2D eigenvalue weighted by Gasteiger charge is -2.10. The van der Waals surface area contributed by atoms with Crippen LogP contribution in [0.15, 0.2) is 48.5 Å². The van der Waals surface area contributed by atoms with Crippen LogP contribution < -0.4 is 10.6 Å². The topological polar surface area (TPSA) is 54.0 Å². The van der Waals surface area contributed by atoms with Gasteiger partial charge < -0.3 is 10.6 Å². The van der Waals surface area contributed by atoms with Gasteiger partial charge in [0, 0.05) is 16.1 Å². The van der Waals surface area contributed by atoms with Crippen LogP contribution in [0.3, 0.4) is 0 Å². The van der Waals surface area contributed by atoms with Gasteiger partial charge in [0.1, 0.15) is 5.01 Å². The van der Waals surface area contributed by atoms with Gasteiger partial charge in [-0.1, -0.05) is 49.4 Å². The van der Waals surface area contributed by atoms with Gasteiger partial charge in [0.05, 0.1) is 12.2 Å². The summed E-state index contributed by atoms with van der Waals surface area (Å²) < 4.78 is 0.